The van der Waals surface area contributed by atoms with Crippen LogP contribution in [0.4, 0.5) is 0 Å². The van der Waals surface area contributed by atoms with Gasteiger partial charge in [0.05, 0.1) is 0 Å². The summed E-state index contributed by atoms with van der Waals surface area (Å²) in [6.07, 6.45) is 0.950. The highest BCUT2D eigenvalue weighted by Crippen LogP contribution is 2.56. The Kier molecular flexibility index (Phi) is 9.46. The SMILES string of the molecule is CCC1(c2ccc(-c3ccccc3)cc2)c2ccccc2-c2ccc(-c3c4ccccc4c(-c4ccc(-c5cc(-c6ccccc6)cc(-c6ccccc6)c5)cc4)c4ccccc34)cc21. The van der Waals surface area contributed by atoms with Crippen molar-refractivity contribution in [2.75, 3.05) is 0 Å². The minimum absolute atomic E-state index is 0.285. The third-order valence-electron chi connectivity index (χ3n) is 14.0. The molecule has 12 rings (SSSR count). The zero-order valence-electron chi connectivity index (χ0n) is 36.4. The minimum Gasteiger partial charge on any atom is -0.0639 e. The molecule has 11 aromatic rings. The van der Waals surface area contributed by atoms with E-state index in [1.165, 1.54) is 116 Å². The molecular formula is C65H46. The lowest BCUT2D eigenvalue weighted by molar-refractivity contribution is 0.609. The van der Waals surface area contributed by atoms with Gasteiger partial charge in [0.1, 0.15) is 0 Å². The van der Waals surface area contributed by atoms with Crippen molar-refractivity contribution in [3.63, 3.8) is 0 Å². The first kappa shape index (κ1) is 38.6. The molecule has 1 aliphatic carbocycles. The van der Waals surface area contributed by atoms with Crippen LogP contribution in [0.1, 0.15) is 30.0 Å². The largest absolute Gasteiger partial charge is 0.0639 e. The van der Waals surface area contributed by atoms with Crippen molar-refractivity contribution in [1.29, 1.82) is 0 Å². The third kappa shape index (κ3) is 6.44. The summed E-state index contributed by atoms with van der Waals surface area (Å²) in [6.45, 7) is 2.36. The number of rotatable bonds is 8. The lowest BCUT2D eigenvalue weighted by Crippen LogP contribution is -2.26. The van der Waals surface area contributed by atoms with E-state index < -0.39 is 0 Å². The van der Waals surface area contributed by atoms with Crippen LogP contribution < -0.4 is 0 Å². The predicted octanol–water partition coefficient (Wildman–Crippen LogP) is 17.7. The molecule has 1 unspecified atom stereocenters. The topological polar surface area (TPSA) is 0 Å². The molecule has 1 aliphatic rings. The normalized spacial score (nSPS) is 14.0. The maximum Gasteiger partial charge on any atom is 0.0461 e. The molecule has 11 aromatic carbocycles. The molecule has 0 spiro atoms. The molecule has 0 amide bonds. The summed E-state index contributed by atoms with van der Waals surface area (Å²) in [5.74, 6) is 0. The molecule has 0 N–H and O–H groups in total. The average Bonchev–Trinajstić information content (AvgIpc) is 3.68. The molecule has 0 fully saturated rings. The van der Waals surface area contributed by atoms with Crippen LogP contribution in [0.2, 0.25) is 0 Å². The lowest BCUT2D eigenvalue weighted by atomic mass is 9.70. The Morgan fingerprint density at radius 3 is 1.12 bits per heavy atom. The van der Waals surface area contributed by atoms with Gasteiger partial charge >= 0.3 is 0 Å². The fourth-order valence-corrected chi connectivity index (χ4v) is 11.0. The van der Waals surface area contributed by atoms with E-state index in [2.05, 4.69) is 256 Å². The summed E-state index contributed by atoms with van der Waals surface area (Å²) in [7, 11) is 0. The van der Waals surface area contributed by atoms with Crippen molar-refractivity contribution in [1.82, 2.24) is 0 Å². The predicted molar refractivity (Wildman–Crippen MR) is 276 cm³/mol. The van der Waals surface area contributed by atoms with Gasteiger partial charge in [0.2, 0.25) is 0 Å². The van der Waals surface area contributed by atoms with Gasteiger partial charge in [-0.3, -0.25) is 0 Å². The molecule has 0 heterocycles. The summed E-state index contributed by atoms with van der Waals surface area (Å²) in [5, 5.41) is 5.04. The van der Waals surface area contributed by atoms with Gasteiger partial charge < -0.3 is 0 Å². The van der Waals surface area contributed by atoms with E-state index >= 15 is 0 Å². The first-order valence-corrected chi connectivity index (χ1v) is 22.9. The van der Waals surface area contributed by atoms with Crippen molar-refractivity contribution < 1.29 is 0 Å². The Bertz CT molecular complexity index is 3410. The monoisotopic (exact) mass is 826 g/mol. The van der Waals surface area contributed by atoms with Crippen LogP contribution in [-0.4, -0.2) is 0 Å². The highest BCUT2D eigenvalue weighted by Gasteiger charge is 2.43. The number of benzene rings is 11. The van der Waals surface area contributed by atoms with Crippen LogP contribution in [0, 0.1) is 0 Å². The Labute approximate surface area is 381 Å². The second-order valence-corrected chi connectivity index (χ2v) is 17.5. The highest BCUT2D eigenvalue weighted by atomic mass is 14.5. The Balaban J connectivity index is 0.997. The maximum atomic E-state index is 2.53. The molecule has 306 valence electrons. The average molecular weight is 827 g/mol. The molecule has 1 atom stereocenters. The molecule has 0 heteroatoms. The first-order chi connectivity index (χ1) is 32.2. The summed E-state index contributed by atoms with van der Waals surface area (Å²) in [4.78, 5) is 0. The van der Waals surface area contributed by atoms with E-state index in [0.717, 1.165) is 6.42 Å². The molecule has 0 saturated carbocycles. The number of hydrogen-bond acceptors (Lipinski definition) is 0. The second-order valence-electron chi connectivity index (χ2n) is 17.5. The molecule has 0 aromatic heterocycles. The molecule has 65 heavy (non-hydrogen) atoms. The van der Waals surface area contributed by atoms with Gasteiger partial charge in [0.25, 0.3) is 0 Å². The maximum absolute atomic E-state index is 2.53. The zero-order valence-corrected chi connectivity index (χ0v) is 36.4. The van der Waals surface area contributed by atoms with Gasteiger partial charge in [-0.05, 0) is 147 Å². The summed E-state index contributed by atoms with van der Waals surface area (Å²) >= 11 is 0. The van der Waals surface area contributed by atoms with E-state index in [1.807, 2.05) is 0 Å². The van der Waals surface area contributed by atoms with Crippen LogP contribution in [0.5, 0.6) is 0 Å². The fourth-order valence-electron chi connectivity index (χ4n) is 11.0. The molecule has 0 bridgehead atoms. The highest BCUT2D eigenvalue weighted by molar-refractivity contribution is 6.21. The Morgan fingerprint density at radius 1 is 0.262 bits per heavy atom. The van der Waals surface area contributed by atoms with E-state index in [-0.39, 0.29) is 5.41 Å². The second kappa shape index (κ2) is 15.9. The van der Waals surface area contributed by atoms with E-state index in [4.69, 9.17) is 0 Å². The van der Waals surface area contributed by atoms with Crippen molar-refractivity contribution in [2.45, 2.75) is 18.8 Å². The Morgan fingerprint density at radius 2 is 0.615 bits per heavy atom. The van der Waals surface area contributed by atoms with Crippen LogP contribution >= 0.6 is 0 Å². The van der Waals surface area contributed by atoms with E-state index in [9.17, 15) is 0 Å². The van der Waals surface area contributed by atoms with Crippen LogP contribution in [0.3, 0.4) is 0 Å². The standard InChI is InChI=1S/C65H46/c1-2-65(54-37-34-47(35-38-54)44-18-6-3-7-19-44)61-29-17-16-24-55(61)56-39-36-50(43-62(56)65)64-59-27-14-12-25-57(59)63(58-26-13-15-28-60(58)64)49-32-30-48(31-33-49)53-41-51(45-20-8-4-9-21-45)40-52(42-53)46-22-10-5-11-23-46/h3-43H,2H2,1H3. The van der Waals surface area contributed by atoms with Crippen LogP contribution in [0.25, 0.3) is 99.4 Å². The van der Waals surface area contributed by atoms with Gasteiger partial charge in [-0.15, -0.1) is 0 Å². The lowest BCUT2D eigenvalue weighted by Gasteiger charge is -2.32. The van der Waals surface area contributed by atoms with Crippen LogP contribution in [0.15, 0.2) is 249 Å². The van der Waals surface area contributed by atoms with Crippen molar-refractivity contribution in [3.05, 3.63) is 265 Å². The smallest absolute Gasteiger partial charge is 0.0461 e. The number of fused-ring (bicyclic) bond motifs is 5. The fraction of sp³-hybridized carbons (Fsp3) is 0.0462. The first-order valence-electron chi connectivity index (χ1n) is 22.9. The van der Waals surface area contributed by atoms with Crippen LogP contribution in [-0.2, 0) is 5.41 Å². The van der Waals surface area contributed by atoms with Gasteiger partial charge in [0, 0.05) is 5.41 Å². The molecule has 0 aliphatic heterocycles. The Hall–Kier alpha value is -8.06. The molecular weight excluding hydrogens is 781 g/mol. The quantitative estimate of drug-likeness (QED) is 0.134. The molecule has 0 nitrogen and oxygen atoms in total. The van der Waals surface area contributed by atoms with Gasteiger partial charge in [-0.2, -0.15) is 0 Å². The number of hydrogen-bond donors (Lipinski definition) is 0. The van der Waals surface area contributed by atoms with Crippen molar-refractivity contribution >= 4 is 21.5 Å². The summed E-state index contributed by atoms with van der Waals surface area (Å²) < 4.78 is 0. The van der Waals surface area contributed by atoms with E-state index in [1.54, 1.807) is 0 Å². The van der Waals surface area contributed by atoms with Crippen molar-refractivity contribution in [2.24, 2.45) is 0 Å². The minimum atomic E-state index is -0.285. The van der Waals surface area contributed by atoms with Gasteiger partial charge in [-0.25, -0.2) is 0 Å². The zero-order chi connectivity index (χ0) is 43.3. The third-order valence-corrected chi connectivity index (χ3v) is 14.0. The van der Waals surface area contributed by atoms with Gasteiger partial charge in [-0.1, -0.05) is 231 Å². The van der Waals surface area contributed by atoms with Crippen molar-refractivity contribution in [3.8, 4) is 77.9 Å². The molecule has 0 radical (unpaired) electrons. The summed E-state index contributed by atoms with van der Waals surface area (Å²) in [5.41, 5.74) is 21.2. The van der Waals surface area contributed by atoms with E-state index in [0.29, 0.717) is 0 Å². The van der Waals surface area contributed by atoms with Gasteiger partial charge in [0.15, 0.2) is 0 Å². The summed E-state index contributed by atoms with van der Waals surface area (Å²) in [6, 6.07) is 92.2. The molecule has 0 saturated heterocycles.